The van der Waals surface area contributed by atoms with Crippen molar-refractivity contribution < 1.29 is 9.90 Å². The summed E-state index contributed by atoms with van der Waals surface area (Å²) in [6.07, 6.45) is 1.86. The number of pyridine rings is 1. The second-order valence-corrected chi connectivity index (χ2v) is 6.40. The molecule has 0 saturated carbocycles. The van der Waals surface area contributed by atoms with Crippen LogP contribution in [0.3, 0.4) is 0 Å². The van der Waals surface area contributed by atoms with Gasteiger partial charge >= 0.3 is 5.97 Å². The molecule has 0 amide bonds. The molecule has 1 aliphatic rings. The first-order chi connectivity index (χ1) is 11.5. The smallest absolute Gasteiger partial charge is 0.335 e. The molecule has 1 aromatic heterocycles. The number of hydrogen-bond acceptors (Lipinski definition) is 4. The Hall–Kier alpha value is -2.11. The van der Waals surface area contributed by atoms with Crippen LogP contribution in [0, 0.1) is 0 Å². The first kappa shape index (κ1) is 19.2. The third-order valence-electron chi connectivity index (χ3n) is 4.58. The summed E-state index contributed by atoms with van der Waals surface area (Å²) in [7, 11) is 0. The number of carbonyl (C=O) groups is 1. The molecule has 1 aliphatic heterocycles. The Morgan fingerprint density at radius 1 is 1.00 bits per heavy atom. The Labute approximate surface area is 154 Å². The first-order valence-electron chi connectivity index (χ1n) is 8.33. The number of anilines is 1. The maximum Gasteiger partial charge on any atom is 0.335 e. The van der Waals surface area contributed by atoms with Crippen molar-refractivity contribution in [2.75, 3.05) is 31.1 Å². The number of aromatic nitrogens is 1. The molecule has 1 fully saturated rings. The van der Waals surface area contributed by atoms with E-state index in [4.69, 9.17) is 5.11 Å². The predicted molar refractivity (Wildman–Crippen MR) is 103 cm³/mol. The van der Waals surface area contributed by atoms with Gasteiger partial charge in [-0.1, -0.05) is 12.1 Å². The molecule has 1 aromatic carbocycles. The van der Waals surface area contributed by atoms with Crippen LogP contribution in [0.2, 0.25) is 0 Å². The topological polar surface area (TPSA) is 56.7 Å². The highest BCUT2D eigenvalue weighted by Crippen LogP contribution is 2.22. The minimum Gasteiger partial charge on any atom is -0.478 e. The minimum atomic E-state index is -0.907. The molecule has 134 valence electrons. The van der Waals surface area contributed by atoms with Gasteiger partial charge in [0.2, 0.25) is 0 Å². The molecule has 0 atom stereocenters. The van der Waals surface area contributed by atoms with Gasteiger partial charge in [0.1, 0.15) is 5.82 Å². The fourth-order valence-electron chi connectivity index (χ4n) is 3.02. The molecule has 5 nitrogen and oxygen atoms in total. The van der Waals surface area contributed by atoms with Crippen LogP contribution in [0.15, 0.2) is 42.6 Å². The third kappa shape index (κ3) is 4.50. The van der Waals surface area contributed by atoms with Crippen molar-refractivity contribution in [1.29, 1.82) is 0 Å². The highest BCUT2D eigenvalue weighted by molar-refractivity contribution is 5.88. The van der Waals surface area contributed by atoms with Crippen molar-refractivity contribution in [2.24, 2.45) is 0 Å². The molecule has 0 bridgehead atoms. The second kappa shape index (κ2) is 8.32. The monoisotopic (exact) mass is 361 g/mol. The highest BCUT2D eigenvalue weighted by atomic mass is 35.5. The van der Waals surface area contributed by atoms with Crippen LogP contribution >= 0.6 is 12.4 Å². The summed E-state index contributed by atoms with van der Waals surface area (Å²) in [6.45, 7) is 8.60. The number of hydrogen-bond donors (Lipinski definition) is 1. The van der Waals surface area contributed by atoms with E-state index in [1.54, 1.807) is 12.1 Å². The number of halogens is 1. The summed E-state index contributed by atoms with van der Waals surface area (Å²) in [4.78, 5) is 20.3. The normalized spacial score (nSPS) is 15.1. The van der Waals surface area contributed by atoms with Crippen molar-refractivity contribution in [2.45, 2.75) is 19.9 Å². The predicted octanol–water partition coefficient (Wildman–Crippen LogP) is 3.40. The van der Waals surface area contributed by atoms with E-state index in [0.717, 1.165) is 43.1 Å². The number of piperazine rings is 1. The molecular weight excluding hydrogens is 338 g/mol. The van der Waals surface area contributed by atoms with Crippen LogP contribution in [0.1, 0.15) is 24.2 Å². The van der Waals surface area contributed by atoms with Gasteiger partial charge in [0.05, 0.1) is 5.56 Å². The van der Waals surface area contributed by atoms with Gasteiger partial charge in [-0.3, -0.25) is 4.90 Å². The van der Waals surface area contributed by atoms with E-state index in [9.17, 15) is 4.79 Å². The van der Waals surface area contributed by atoms with E-state index in [2.05, 4.69) is 28.6 Å². The molecule has 0 spiro atoms. The number of nitrogens with zero attached hydrogens (tertiary/aromatic N) is 3. The molecule has 0 unspecified atom stereocenters. The van der Waals surface area contributed by atoms with Gasteiger partial charge in [-0.25, -0.2) is 9.78 Å². The summed E-state index contributed by atoms with van der Waals surface area (Å²) in [5, 5.41) is 8.96. The van der Waals surface area contributed by atoms with Crippen LogP contribution in [0.4, 0.5) is 5.82 Å². The summed E-state index contributed by atoms with van der Waals surface area (Å²) >= 11 is 0. The van der Waals surface area contributed by atoms with Gasteiger partial charge in [0.25, 0.3) is 0 Å². The number of benzene rings is 1. The van der Waals surface area contributed by atoms with Crippen LogP contribution in [-0.2, 0) is 0 Å². The van der Waals surface area contributed by atoms with Gasteiger partial charge in [0.15, 0.2) is 0 Å². The molecule has 6 heteroatoms. The van der Waals surface area contributed by atoms with Crippen molar-refractivity contribution in [3.05, 3.63) is 48.2 Å². The fraction of sp³-hybridized carbons (Fsp3) is 0.368. The second-order valence-electron chi connectivity index (χ2n) is 6.40. The van der Waals surface area contributed by atoms with E-state index in [0.29, 0.717) is 11.6 Å². The zero-order chi connectivity index (χ0) is 17.1. The van der Waals surface area contributed by atoms with Crippen molar-refractivity contribution in [1.82, 2.24) is 9.88 Å². The molecule has 1 saturated heterocycles. The molecule has 3 rings (SSSR count). The third-order valence-corrected chi connectivity index (χ3v) is 4.58. The number of carboxylic acid groups (broad SMARTS) is 1. The Bertz CT molecular complexity index is 694. The molecule has 0 radical (unpaired) electrons. The maximum atomic E-state index is 10.9. The Morgan fingerprint density at radius 3 is 2.08 bits per heavy atom. The van der Waals surface area contributed by atoms with Crippen LogP contribution in [0.25, 0.3) is 11.1 Å². The Kier molecular flexibility index (Phi) is 6.39. The summed E-state index contributed by atoms with van der Waals surface area (Å²) in [5.41, 5.74) is 2.27. The lowest BCUT2D eigenvalue weighted by atomic mass is 10.1. The SMILES string of the molecule is CC(C)N1CCN(c2ccc(-c3ccc(C(=O)O)cc3)cn2)CC1.Cl. The lowest BCUT2D eigenvalue weighted by molar-refractivity contribution is 0.0697. The lowest BCUT2D eigenvalue weighted by Crippen LogP contribution is -2.49. The molecule has 0 aliphatic carbocycles. The largest absolute Gasteiger partial charge is 0.478 e. The fourth-order valence-corrected chi connectivity index (χ4v) is 3.02. The standard InChI is InChI=1S/C19H23N3O2.ClH/c1-14(2)21-9-11-22(12-10-21)18-8-7-17(13-20-18)15-3-5-16(6-4-15)19(23)24;/h3-8,13-14H,9-12H2,1-2H3,(H,23,24);1H. The Balaban J connectivity index is 0.00000225. The molecular formula is C19H24ClN3O2. The van der Waals surface area contributed by atoms with Gasteiger partial charge in [-0.15, -0.1) is 12.4 Å². The maximum absolute atomic E-state index is 10.9. The number of aromatic carboxylic acids is 1. The van der Waals surface area contributed by atoms with Gasteiger partial charge < -0.3 is 10.0 Å². The van der Waals surface area contributed by atoms with Crippen LogP contribution < -0.4 is 4.90 Å². The highest BCUT2D eigenvalue weighted by Gasteiger charge is 2.19. The van der Waals surface area contributed by atoms with Gasteiger partial charge in [-0.2, -0.15) is 0 Å². The molecule has 1 N–H and O–H groups in total. The first-order valence-corrected chi connectivity index (χ1v) is 8.33. The summed E-state index contributed by atoms with van der Waals surface area (Å²) < 4.78 is 0. The van der Waals surface area contributed by atoms with Crippen molar-refractivity contribution >= 4 is 24.2 Å². The van der Waals surface area contributed by atoms with Crippen LogP contribution in [0.5, 0.6) is 0 Å². The van der Waals surface area contributed by atoms with E-state index < -0.39 is 5.97 Å². The lowest BCUT2D eigenvalue weighted by Gasteiger charge is -2.37. The zero-order valence-corrected chi connectivity index (χ0v) is 15.4. The van der Waals surface area contributed by atoms with Crippen molar-refractivity contribution in [3.8, 4) is 11.1 Å². The van der Waals surface area contributed by atoms with Gasteiger partial charge in [-0.05, 0) is 43.7 Å². The number of rotatable bonds is 4. The molecule has 2 aromatic rings. The van der Waals surface area contributed by atoms with Crippen LogP contribution in [-0.4, -0.2) is 53.2 Å². The number of carboxylic acids is 1. The summed E-state index contributed by atoms with van der Waals surface area (Å²) in [6, 6.07) is 11.6. The van der Waals surface area contributed by atoms with E-state index >= 15 is 0 Å². The average Bonchev–Trinajstić information content (AvgIpc) is 2.62. The quantitative estimate of drug-likeness (QED) is 0.904. The Morgan fingerprint density at radius 2 is 1.60 bits per heavy atom. The van der Waals surface area contributed by atoms with E-state index in [1.165, 1.54) is 0 Å². The van der Waals surface area contributed by atoms with Gasteiger partial charge in [0, 0.05) is 44.0 Å². The van der Waals surface area contributed by atoms with E-state index in [-0.39, 0.29) is 12.4 Å². The molecule has 25 heavy (non-hydrogen) atoms. The van der Waals surface area contributed by atoms with Crippen molar-refractivity contribution in [3.63, 3.8) is 0 Å². The zero-order valence-electron chi connectivity index (χ0n) is 14.6. The minimum absolute atomic E-state index is 0. The summed E-state index contributed by atoms with van der Waals surface area (Å²) in [5.74, 6) is 0.0971. The van der Waals surface area contributed by atoms with E-state index in [1.807, 2.05) is 30.5 Å². The average molecular weight is 362 g/mol. The molecule has 2 heterocycles.